The Morgan fingerprint density at radius 2 is 2.37 bits per heavy atom. The first kappa shape index (κ1) is 13.0. The average molecular weight is 275 g/mol. The maximum absolute atomic E-state index is 4.82. The lowest BCUT2D eigenvalue weighted by Crippen LogP contribution is -2.13. The number of thioether (sulfide) groups is 1. The first-order valence-electron chi connectivity index (χ1n) is 7.16. The van der Waals surface area contributed by atoms with Crippen molar-refractivity contribution in [1.82, 2.24) is 14.5 Å². The van der Waals surface area contributed by atoms with Gasteiger partial charge in [-0.3, -0.25) is 0 Å². The van der Waals surface area contributed by atoms with Gasteiger partial charge in [-0.2, -0.15) is 11.8 Å². The molecular weight excluding hydrogens is 254 g/mol. The molecule has 2 aromatic heterocycles. The van der Waals surface area contributed by atoms with Crippen LogP contribution in [-0.4, -0.2) is 25.5 Å². The van der Waals surface area contributed by atoms with Crippen LogP contribution in [-0.2, 0) is 13.0 Å². The molecule has 0 saturated carbocycles. The van der Waals surface area contributed by atoms with E-state index in [0.29, 0.717) is 5.92 Å². The maximum Gasteiger partial charge on any atom is 0.159 e. The minimum absolute atomic E-state index is 0.620. The molecule has 0 aliphatic carbocycles. The Hall–Kier alpha value is -1.03. The minimum Gasteiger partial charge on any atom is -0.312 e. The van der Waals surface area contributed by atoms with Crippen LogP contribution in [0, 0.1) is 5.92 Å². The summed E-state index contributed by atoms with van der Waals surface area (Å²) in [6.07, 6.45) is 5.66. The Kier molecular flexibility index (Phi) is 3.78. The number of fused-ring (bicyclic) bond motifs is 1. The van der Waals surface area contributed by atoms with Crippen molar-refractivity contribution in [2.75, 3.05) is 5.75 Å². The van der Waals surface area contributed by atoms with Crippen LogP contribution >= 0.6 is 11.8 Å². The fourth-order valence-corrected chi connectivity index (χ4v) is 3.99. The second kappa shape index (κ2) is 5.53. The van der Waals surface area contributed by atoms with Gasteiger partial charge in [-0.25, -0.2) is 9.97 Å². The van der Waals surface area contributed by atoms with Crippen LogP contribution in [0.4, 0.5) is 0 Å². The normalized spacial score (nSPS) is 19.6. The lowest BCUT2D eigenvalue weighted by Gasteiger charge is -2.13. The Labute approximate surface area is 118 Å². The fraction of sp³-hybridized carbons (Fsp3) is 0.600. The largest absolute Gasteiger partial charge is 0.312 e. The van der Waals surface area contributed by atoms with Crippen molar-refractivity contribution in [3.05, 3.63) is 24.2 Å². The van der Waals surface area contributed by atoms with Crippen molar-refractivity contribution in [2.45, 2.75) is 44.9 Å². The van der Waals surface area contributed by atoms with Gasteiger partial charge in [0.1, 0.15) is 11.3 Å². The van der Waals surface area contributed by atoms with Crippen molar-refractivity contribution in [2.24, 2.45) is 5.92 Å². The van der Waals surface area contributed by atoms with E-state index in [-0.39, 0.29) is 0 Å². The lowest BCUT2D eigenvalue weighted by atomic mass is 10.2. The van der Waals surface area contributed by atoms with Gasteiger partial charge in [0, 0.05) is 24.4 Å². The summed E-state index contributed by atoms with van der Waals surface area (Å²) in [7, 11) is 0. The van der Waals surface area contributed by atoms with Crippen LogP contribution in [0.3, 0.4) is 0 Å². The van der Waals surface area contributed by atoms with Gasteiger partial charge in [-0.1, -0.05) is 13.8 Å². The summed E-state index contributed by atoms with van der Waals surface area (Å²) < 4.78 is 2.33. The monoisotopic (exact) mass is 275 g/mol. The highest BCUT2D eigenvalue weighted by molar-refractivity contribution is 8.00. The van der Waals surface area contributed by atoms with E-state index in [1.165, 1.54) is 24.4 Å². The van der Waals surface area contributed by atoms with Gasteiger partial charge in [0.25, 0.3) is 0 Å². The first-order chi connectivity index (χ1) is 9.24. The summed E-state index contributed by atoms with van der Waals surface area (Å²) in [5.74, 6) is 3.16. The van der Waals surface area contributed by atoms with Gasteiger partial charge < -0.3 is 4.57 Å². The summed E-state index contributed by atoms with van der Waals surface area (Å²) in [6.45, 7) is 5.52. The summed E-state index contributed by atoms with van der Waals surface area (Å²) in [5.41, 5.74) is 2.09. The second-order valence-corrected chi connectivity index (χ2v) is 7.13. The summed E-state index contributed by atoms with van der Waals surface area (Å²) in [4.78, 5) is 9.34. The molecule has 0 radical (unpaired) electrons. The number of aromatic nitrogens is 3. The summed E-state index contributed by atoms with van der Waals surface area (Å²) >= 11 is 2.10. The van der Waals surface area contributed by atoms with E-state index in [1.807, 2.05) is 12.3 Å². The predicted molar refractivity (Wildman–Crippen MR) is 81.6 cm³/mol. The van der Waals surface area contributed by atoms with E-state index < -0.39 is 0 Å². The molecule has 3 heterocycles. The highest BCUT2D eigenvalue weighted by Crippen LogP contribution is 2.29. The molecule has 1 aliphatic heterocycles. The zero-order valence-corrected chi connectivity index (χ0v) is 12.5. The molecule has 102 valence electrons. The quantitative estimate of drug-likeness (QED) is 0.855. The number of hydrogen-bond acceptors (Lipinski definition) is 3. The van der Waals surface area contributed by atoms with Gasteiger partial charge in [0.15, 0.2) is 5.65 Å². The number of rotatable bonds is 4. The van der Waals surface area contributed by atoms with Gasteiger partial charge in [-0.15, -0.1) is 0 Å². The smallest absolute Gasteiger partial charge is 0.159 e. The Balaban J connectivity index is 1.96. The van der Waals surface area contributed by atoms with Gasteiger partial charge in [0.2, 0.25) is 0 Å². The SMILES string of the molecule is CC(C)Cn1c(CC2CCCS2)nc2cccnc21. The van der Waals surface area contributed by atoms with E-state index in [2.05, 4.69) is 41.2 Å². The zero-order valence-electron chi connectivity index (χ0n) is 11.7. The molecule has 1 atom stereocenters. The Bertz CT molecular complexity index is 556. The van der Waals surface area contributed by atoms with Crippen molar-refractivity contribution >= 4 is 22.9 Å². The molecule has 0 N–H and O–H groups in total. The highest BCUT2D eigenvalue weighted by Gasteiger charge is 2.20. The molecule has 2 aromatic rings. The van der Waals surface area contributed by atoms with Crippen LogP contribution in [0.15, 0.2) is 18.3 Å². The predicted octanol–water partition coefficient (Wildman–Crippen LogP) is 3.53. The van der Waals surface area contributed by atoms with E-state index in [9.17, 15) is 0 Å². The number of imidazole rings is 1. The molecule has 0 aromatic carbocycles. The standard InChI is InChI=1S/C15H21N3S/c1-11(2)10-18-14(9-12-5-4-8-19-12)17-13-6-3-7-16-15(13)18/h3,6-7,11-12H,4-5,8-10H2,1-2H3. The topological polar surface area (TPSA) is 30.7 Å². The fourth-order valence-electron chi connectivity index (χ4n) is 2.73. The van der Waals surface area contributed by atoms with Gasteiger partial charge in [0.05, 0.1) is 0 Å². The Morgan fingerprint density at radius 1 is 1.47 bits per heavy atom. The van der Waals surface area contributed by atoms with Crippen molar-refractivity contribution in [3.8, 4) is 0 Å². The molecule has 3 rings (SSSR count). The third-order valence-electron chi connectivity index (χ3n) is 3.56. The van der Waals surface area contributed by atoms with E-state index >= 15 is 0 Å². The molecule has 1 aliphatic rings. The molecule has 4 heteroatoms. The minimum atomic E-state index is 0.620. The van der Waals surface area contributed by atoms with Crippen LogP contribution in [0.5, 0.6) is 0 Å². The van der Waals surface area contributed by atoms with Crippen LogP contribution < -0.4 is 0 Å². The summed E-state index contributed by atoms with van der Waals surface area (Å²) in [5, 5.41) is 0.753. The molecule has 0 amide bonds. The lowest BCUT2D eigenvalue weighted by molar-refractivity contribution is 0.511. The first-order valence-corrected chi connectivity index (χ1v) is 8.20. The van der Waals surface area contributed by atoms with Crippen molar-refractivity contribution in [3.63, 3.8) is 0 Å². The number of hydrogen-bond donors (Lipinski definition) is 0. The van der Waals surface area contributed by atoms with Crippen LogP contribution in [0.1, 0.15) is 32.5 Å². The third-order valence-corrected chi connectivity index (χ3v) is 4.96. The average Bonchev–Trinajstić information content (AvgIpc) is 2.99. The molecule has 3 nitrogen and oxygen atoms in total. The molecule has 19 heavy (non-hydrogen) atoms. The van der Waals surface area contributed by atoms with E-state index in [1.54, 1.807) is 0 Å². The molecule has 0 bridgehead atoms. The number of nitrogens with zero attached hydrogens (tertiary/aromatic N) is 3. The van der Waals surface area contributed by atoms with E-state index in [4.69, 9.17) is 4.98 Å². The van der Waals surface area contributed by atoms with Gasteiger partial charge in [-0.05, 0) is 36.6 Å². The highest BCUT2D eigenvalue weighted by atomic mass is 32.2. The third kappa shape index (κ3) is 2.78. The molecule has 0 spiro atoms. The van der Waals surface area contributed by atoms with Crippen molar-refractivity contribution < 1.29 is 0 Å². The second-order valence-electron chi connectivity index (χ2n) is 5.72. The molecular formula is C15H21N3S. The molecule has 1 fully saturated rings. The van der Waals surface area contributed by atoms with E-state index in [0.717, 1.165) is 29.4 Å². The van der Waals surface area contributed by atoms with Gasteiger partial charge >= 0.3 is 0 Å². The summed E-state index contributed by atoms with van der Waals surface area (Å²) in [6, 6.07) is 4.05. The van der Waals surface area contributed by atoms with Crippen LogP contribution in [0.2, 0.25) is 0 Å². The molecule has 1 saturated heterocycles. The number of pyridine rings is 1. The van der Waals surface area contributed by atoms with Crippen LogP contribution in [0.25, 0.3) is 11.2 Å². The Morgan fingerprint density at radius 3 is 3.11 bits per heavy atom. The zero-order chi connectivity index (χ0) is 13.2. The van der Waals surface area contributed by atoms with Crippen molar-refractivity contribution in [1.29, 1.82) is 0 Å². The molecule has 1 unspecified atom stereocenters. The maximum atomic E-state index is 4.82.